The van der Waals surface area contributed by atoms with Crippen molar-refractivity contribution in [3.63, 3.8) is 0 Å². The van der Waals surface area contributed by atoms with Gasteiger partial charge in [0.05, 0.1) is 33.0 Å². The summed E-state index contributed by atoms with van der Waals surface area (Å²) in [4.78, 5) is 13.4. The second-order valence-corrected chi connectivity index (χ2v) is 9.05. The lowest BCUT2D eigenvalue weighted by atomic mass is 9.98. The third-order valence-corrected chi connectivity index (χ3v) is 6.22. The predicted octanol–water partition coefficient (Wildman–Crippen LogP) is 5.09. The van der Waals surface area contributed by atoms with Crippen LogP contribution in [-0.4, -0.2) is 15.5 Å². The summed E-state index contributed by atoms with van der Waals surface area (Å²) in [6.07, 6.45) is 0. The maximum atomic E-state index is 13.4. The lowest BCUT2D eigenvalue weighted by Gasteiger charge is -2.13. The van der Waals surface area contributed by atoms with Crippen molar-refractivity contribution in [2.45, 2.75) is 4.90 Å². The number of nitrogens with two attached hydrogens (primary N) is 1. The molecule has 0 atom stereocenters. The summed E-state index contributed by atoms with van der Waals surface area (Å²) < 4.78 is 34.5. The van der Waals surface area contributed by atoms with Gasteiger partial charge in [-0.1, -0.05) is 35.3 Å². The number of sulfonamides is 1. The number of para-hydroxylation sites is 1. The highest BCUT2D eigenvalue weighted by molar-refractivity contribution is 7.89. The third-order valence-electron chi connectivity index (χ3n) is 4.73. The number of benzene rings is 3. The number of primary sulfonamides is 1. The van der Waals surface area contributed by atoms with Crippen LogP contribution in [0.25, 0.3) is 33.4 Å². The minimum atomic E-state index is -3.87. The smallest absolute Gasteiger partial charge is 0.238 e. The van der Waals surface area contributed by atoms with Crippen molar-refractivity contribution in [3.05, 3.63) is 80.9 Å². The quantitative estimate of drug-likeness (QED) is 0.442. The average Bonchev–Trinajstić information content (AvgIpc) is 2.73. The molecule has 0 spiro atoms. The van der Waals surface area contributed by atoms with Gasteiger partial charge in [0.1, 0.15) is 11.3 Å². The van der Waals surface area contributed by atoms with Crippen LogP contribution in [0.3, 0.4) is 0 Å². The molecule has 0 aliphatic carbocycles. The van der Waals surface area contributed by atoms with Gasteiger partial charge in [-0.15, -0.1) is 0 Å². The molecule has 2 N–H and O–H groups in total. The Hall–Kier alpha value is -2.84. The van der Waals surface area contributed by atoms with Crippen LogP contribution in [-0.2, 0) is 10.0 Å². The molecule has 0 aliphatic heterocycles. The molecule has 0 fully saturated rings. The largest absolute Gasteiger partial charge is 0.494 e. The number of halogens is 2. The molecule has 6 nitrogen and oxygen atoms in total. The Kier molecular flexibility index (Phi) is 5.53. The van der Waals surface area contributed by atoms with Gasteiger partial charge in [0.15, 0.2) is 5.75 Å². The number of methoxy groups -OCH3 is 1. The molecule has 0 aliphatic rings. The highest BCUT2D eigenvalue weighted by atomic mass is 35.5. The van der Waals surface area contributed by atoms with Crippen LogP contribution in [0.2, 0.25) is 10.0 Å². The normalized spacial score (nSPS) is 11.6. The second kappa shape index (κ2) is 8.01. The van der Waals surface area contributed by atoms with Crippen molar-refractivity contribution in [3.8, 4) is 28.2 Å². The Labute approximate surface area is 187 Å². The first kappa shape index (κ1) is 21.4. The van der Waals surface area contributed by atoms with Gasteiger partial charge in [0.2, 0.25) is 15.5 Å². The SMILES string of the molecule is COc1c(Cl)cc(-c2c(-c3ccc(S(N)(=O)=O)cc3)oc3ccccc3c2=O)cc1Cl. The average molecular weight is 476 g/mol. The maximum absolute atomic E-state index is 13.4. The van der Waals surface area contributed by atoms with Crippen LogP contribution in [0.1, 0.15) is 0 Å². The van der Waals surface area contributed by atoms with Crippen molar-refractivity contribution in [1.82, 2.24) is 0 Å². The number of ether oxygens (including phenoxy) is 1. The summed E-state index contributed by atoms with van der Waals surface area (Å²) in [5.41, 5.74) is 1.24. The summed E-state index contributed by atoms with van der Waals surface area (Å²) in [6.45, 7) is 0. The fourth-order valence-electron chi connectivity index (χ4n) is 3.30. The zero-order valence-corrected chi connectivity index (χ0v) is 18.4. The molecule has 158 valence electrons. The van der Waals surface area contributed by atoms with E-state index in [1.807, 2.05) is 0 Å². The van der Waals surface area contributed by atoms with E-state index in [9.17, 15) is 13.2 Å². The van der Waals surface area contributed by atoms with E-state index in [0.717, 1.165) is 0 Å². The lowest BCUT2D eigenvalue weighted by Crippen LogP contribution is -2.12. The van der Waals surface area contributed by atoms with Crippen molar-refractivity contribution in [2.24, 2.45) is 5.14 Å². The van der Waals surface area contributed by atoms with E-state index in [0.29, 0.717) is 22.1 Å². The molecule has 4 aromatic rings. The molecule has 1 aromatic heterocycles. The summed E-state index contributed by atoms with van der Waals surface area (Å²) in [5.74, 6) is 0.526. The second-order valence-electron chi connectivity index (χ2n) is 6.67. The first-order valence-electron chi connectivity index (χ1n) is 8.93. The molecule has 0 saturated heterocycles. The van der Waals surface area contributed by atoms with Gasteiger partial charge < -0.3 is 9.15 Å². The molecule has 0 saturated carbocycles. The van der Waals surface area contributed by atoms with Gasteiger partial charge in [-0.05, 0) is 54.1 Å². The van der Waals surface area contributed by atoms with E-state index < -0.39 is 10.0 Å². The van der Waals surface area contributed by atoms with Crippen molar-refractivity contribution >= 4 is 44.2 Å². The molecular formula is C22H15Cl2NO5S. The molecule has 0 radical (unpaired) electrons. The van der Waals surface area contributed by atoms with Crippen molar-refractivity contribution in [1.29, 1.82) is 0 Å². The standard InChI is InChI=1S/C22H15Cl2NO5S/c1-29-22-16(23)10-13(11-17(22)24)19-20(26)15-4-2-3-5-18(15)30-21(19)12-6-8-14(9-7-12)31(25,27)28/h2-11H,1H3,(H2,25,27,28). The molecule has 31 heavy (non-hydrogen) atoms. The molecule has 9 heteroatoms. The van der Waals surface area contributed by atoms with E-state index in [1.165, 1.54) is 31.4 Å². The van der Waals surface area contributed by atoms with Gasteiger partial charge in [-0.25, -0.2) is 13.6 Å². The topological polar surface area (TPSA) is 99.6 Å². The van der Waals surface area contributed by atoms with Gasteiger partial charge in [-0.3, -0.25) is 4.79 Å². The molecule has 0 amide bonds. The van der Waals surface area contributed by atoms with Crippen molar-refractivity contribution < 1.29 is 17.6 Å². The van der Waals surface area contributed by atoms with Gasteiger partial charge >= 0.3 is 0 Å². The van der Waals surface area contributed by atoms with Crippen LogP contribution in [0.4, 0.5) is 0 Å². The monoisotopic (exact) mass is 475 g/mol. The maximum Gasteiger partial charge on any atom is 0.238 e. The van der Waals surface area contributed by atoms with Crippen LogP contribution >= 0.6 is 23.2 Å². The van der Waals surface area contributed by atoms with E-state index in [1.54, 1.807) is 36.4 Å². The Morgan fingerprint density at radius 3 is 2.13 bits per heavy atom. The van der Waals surface area contributed by atoms with Gasteiger partial charge in [0.25, 0.3) is 0 Å². The van der Waals surface area contributed by atoms with E-state index in [2.05, 4.69) is 0 Å². The molecule has 0 unspecified atom stereocenters. The highest BCUT2D eigenvalue weighted by Gasteiger charge is 2.21. The number of fused-ring (bicyclic) bond motifs is 1. The highest BCUT2D eigenvalue weighted by Crippen LogP contribution is 2.40. The molecule has 4 rings (SSSR count). The van der Waals surface area contributed by atoms with E-state index in [4.69, 9.17) is 37.5 Å². The minimum Gasteiger partial charge on any atom is -0.494 e. The molecule has 1 heterocycles. The van der Waals surface area contributed by atoms with E-state index >= 15 is 0 Å². The molecule has 0 bridgehead atoms. The Morgan fingerprint density at radius 2 is 1.55 bits per heavy atom. The number of rotatable bonds is 4. The lowest BCUT2D eigenvalue weighted by molar-refractivity contribution is 0.415. The van der Waals surface area contributed by atoms with Gasteiger partial charge in [-0.2, -0.15) is 0 Å². The predicted molar refractivity (Wildman–Crippen MR) is 121 cm³/mol. The van der Waals surface area contributed by atoms with Crippen LogP contribution in [0.5, 0.6) is 5.75 Å². The molecular weight excluding hydrogens is 461 g/mol. The zero-order chi connectivity index (χ0) is 22.3. The fraction of sp³-hybridized carbons (Fsp3) is 0.0455. The number of hydrogen-bond donors (Lipinski definition) is 1. The summed E-state index contributed by atoms with van der Waals surface area (Å²) in [5, 5.41) is 6.02. The van der Waals surface area contributed by atoms with Crippen LogP contribution in [0, 0.1) is 0 Å². The Balaban J connectivity index is 2.05. The Morgan fingerprint density at radius 1 is 0.935 bits per heavy atom. The van der Waals surface area contributed by atoms with Crippen LogP contribution < -0.4 is 15.3 Å². The fourth-order valence-corrected chi connectivity index (χ4v) is 4.46. The molecule has 3 aromatic carbocycles. The van der Waals surface area contributed by atoms with Crippen LogP contribution in [0.15, 0.2) is 74.8 Å². The van der Waals surface area contributed by atoms with Crippen molar-refractivity contribution in [2.75, 3.05) is 7.11 Å². The van der Waals surface area contributed by atoms with E-state index in [-0.39, 0.29) is 37.4 Å². The first-order chi connectivity index (χ1) is 14.7. The summed E-state index contributed by atoms with van der Waals surface area (Å²) in [6, 6.07) is 15.7. The minimum absolute atomic E-state index is 0.0588. The third kappa shape index (κ3) is 3.93. The Bertz CT molecular complexity index is 1460. The van der Waals surface area contributed by atoms with Gasteiger partial charge in [0, 0.05) is 5.56 Å². The number of hydrogen-bond acceptors (Lipinski definition) is 5. The first-order valence-corrected chi connectivity index (χ1v) is 11.2. The summed E-state index contributed by atoms with van der Waals surface area (Å²) >= 11 is 12.6. The summed E-state index contributed by atoms with van der Waals surface area (Å²) in [7, 11) is -2.43. The zero-order valence-electron chi connectivity index (χ0n) is 16.1.